The molecule has 0 saturated heterocycles. The first-order chi connectivity index (χ1) is 14.8. The monoisotopic (exact) mass is 433 g/mol. The zero-order valence-electron chi connectivity index (χ0n) is 18.8. The van der Waals surface area contributed by atoms with Crippen LogP contribution in [0, 0.1) is 0 Å². The molecule has 1 heterocycles. The van der Waals surface area contributed by atoms with Gasteiger partial charge in [-0.05, 0) is 25.8 Å². The lowest BCUT2D eigenvalue weighted by Crippen LogP contribution is -2.44. The first kappa shape index (κ1) is 24.2. The normalized spacial score (nSPS) is 14.7. The standard InChI is InChI=1S/C12H21NO3.C10H10N2O3/c1-9(16-10(2)14)12(15)13(3)11-7-5-4-6-8-11;1-14-9-4-8-6(5-11-12-8)3-7(9)10(13)15-2/h9,11H,4-8H2,1-3H3;3-5H,1-2H3,(H,11,12)/t9-;/m1./s1. The van der Waals surface area contributed by atoms with Gasteiger partial charge in [0, 0.05) is 31.5 Å². The number of nitrogens with one attached hydrogen (secondary N) is 1. The van der Waals surface area contributed by atoms with Gasteiger partial charge in [0.2, 0.25) is 0 Å². The summed E-state index contributed by atoms with van der Waals surface area (Å²) in [4.78, 5) is 35.9. The molecule has 1 aliphatic carbocycles. The van der Waals surface area contributed by atoms with Crippen LogP contribution in [-0.2, 0) is 19.1 Å². The number of aromatic nitrogens is 2. The molecular formula is C22H31N3O6. The van der Waals surface area contributed by atoms with Gasteiger partial charge in [0.15, 0.2) is 6.10 Å². The van der Waals surface area contributed by atoms with Gasteiger partial charge in [-0.1, -0.05) is 19.3 Å². The molecule has 1 aromatic carbocycles. The van der Waals surface area contributed by atoms with Crippen LogP contribution in [0.5, 0.6) is 5.75 Å². The summed E-state index contributed by atoms with van der Waals surface area (Å²) in [5, 5.41) is 7.51. The number of methoxy groups -OCH3 is 2. The van der Waals surface area contributed by atoms with Crippen molar-refractivity contribution in [1.82, 2.24) is 15.1 Å². The summed E-state index contributed by atoms with van der Waals surface area (Å²) in [5.74, 6) is -0.450. The Labute approximate surface area is 182 Å². The highest BCUT2D eigenvalue weighted by Crippen LogP contribution is 2.25. The molecule has 0 unspecified atom stereocenters. The number of aromatic amines is 1. The van der Waals surface area contributed by atoms with Crippen LogP contribution in [-0.4, -0.2) is 66.4 Å². The minimum Gasteiger partial charge on any atom is -0.496 e. The fourth-order valence-corrected chi connectivity index (χ4v) is 3.64. The first-order valence-corrected chi connectivity index (χ1v) is 10.3. The lowest BCUT2D eigenvalue weighted by Gasteiger charge is -2.32. The highest BCUT2D eigenvalue weighted by molar-refractivity contribution is 5.97. The van der Waals surface area contributed by atoms with E-state index in [9.17, 15) is 14.4 Å². The van der Waals surface area contributed by atoms with Gasteiger partial charge in [-0.15, -0.1) is 0 Å². The Hall–Kier alpha value is -3.10. The fourth-order valence-electron chi connectivity index (χ4n) is 3.64. The predicted molar refractivity (Wildman–Crippen MR) is 115 cm³/mol. The van der Waals surface area contributed by atoms with Gasteiger partial charge in [-0.3, -0.25) is 14.7 Å². The second-order valence-corrected chi connectivity index (χ2v) is 7.49. The average molecular weight is 434 g/mol. The van der Waals surface area contributed by atoms with Gasteiger partial charge in [0.1, 0.15) is 11.3 Å². The van der Waals surface area contributed by atoms with Gasteiger partial charge in [0.05, 0.1) is 25.9 Å². The molecule has 0 spiro atoms. The largest absolute Gasteiger partial charge is 0.496 e. The number of ether oxygens (including phenoxy) is 3. The zero-order valence-corrected chi connectivity index (χ0v) is 18.8. The third-order valence-electron chi connectivity index (χ3n) is 5.33. The molecule has 9 heteroatoms. The Bertz CT molecular complexity index is 904. The number of benzene rings is 1. The fraction of sp³-hybridized carbons (Fsp3) is 0.545. The molecule has 2 aromatic rings. The molecule has 1 N–H and O–H groups in total. The Morgan fingerprint density at radius 3 is 2.42 bits per heavy atom. The molecule has 3 rings (SSSR count). The van der Waals surface area contributed by atoms with Gasteiger partial charge in [-0.25, -0.2) is 4.79 Å². The van der Waals surface area contributed by atoms with E-state index in [-0.39, 0.29) is 5.91 Å². The predicted octanol–water partition coefficient (Wildman–Crippen LogP) is 3.09. The van der Waals surface area contributed by atoms with Crippen LogP contribution in [0.1, 0.15) is 56.3 Å². The van der Waals surface area contributed by atoms with Crippen molar-refractivity contribution >= 4 is 28.7 Å². The lowest BCUT2D eigenvalue weighted by atomic mass is 9.94. The van der Waals surface area contributed by atoms with Crippen molar-refractivity contribution in [1.29, 1.82) is 0 Å². The molecule has 9 nitrogen and oxygen atoms in total. The molecule has 1 fully saturated rings. The van der Waals surface area contributed by atoms with Crippen LogP contribution in [0.15, 0.2) is 18.3 Å². The number of rotatable bonds is 5. The molecule has 1 aliphatic rings. The van der Waals surface area contributed by atoms with Gasteiger partial charge in [0.25, 0.3) is 5.91 Å². The van der Waals surface area contributed by atoms with Crippen molar-refractivity contribution in [3.05, 3.63) is 23.9 Å². The summed E-state index contributed by atoms with van der Waals surface area (Å²) in [6, 6.07) is 3.72. The molecule has 1 aromatic heterocycles. The zero-order chi connectivity index (χ0) is 23.0. The number of hydrogen-bond acceptors (Lipinski definition) is 7. The lowest BCUT2D eigenvalue weighted by molar-refractivity contribution is -0.158. The maximum Gasteiger partial charge on any atom is 0.341 e. The van der Waals surface area contributed by atoms with Gasteiger partial charge >= 0.3 is 11.9 Å². The number of hydrogen-bond donors (Lipinski definition) is 1. The van der Waals surface area contributed by atoms with Crippen LogP contribution >= 0.6 is 0 Å². The van der Waals surface area contributed by atoms with Crippen molar-refractivity contribution in [2.45, 2.75) is 58.1 Å². The summed E-state index contributed by atoms with van der Waals surface area (Å²) < 4.78 is 14.6. The van der Waals surface area contributed by atoms with Crippen molar-refractivity contribution in [2.75, 3.05) is 21.3 Å². The summed E-state index contributed by atoms with van der Waals surface area (Å²) in [6.07, 6.45) is 6.74. The Kier molecular flexibility index (Phi) is 8.84. The Balaban J connectivity index is 0.000000220. The smallest absolute Gasteiger partial charge is 0.341 e. The van der Waals surface area contributed by atoms with Crippen molar-refractivity contribution in [2.24, 2.45) is 0 Å². The molecule has 0 bridgehead atoms. The summed E-state index contributed by atoms with van der Waals surface area (Å²) >= 11 is 0. The topological polar surface area (TPSA) is 111 Å². The van der Waals surface area contributed by atoms with E-state index in [2.05, 4.69) is 14.9 Å². The number of nitrogens with zero attached hydrogens (tertiary/aromatic N) is 2. The highest BCUT2D eigenvalue weighted by Gasteiger charge is 2.26. The molecule has 0 aliphatic heterocycles. The third kappa shape index (κ3) is 6.44. The molecule has 1 atom stereocenters. The number of H-pyrrole nitrogens is 1. The number of carbonyl (C=O) groups is 3. The highest BCUT2D eigenvalue weighted by atomic mass is 16.5. The quantitative estimate of drug-likeness (QED) is 0.721. The molecule has 1 amide bonds. The summed E-state index contributed by atoms with van der Waals surface area (Å²) in [5.41, 5.74) is 1.22. The van der Waals surface area contributed by atoms with E-state index in [0.717, 1.165) is 23.7 Å². The maximum absolute atomic E-state index is 11.9. The number of carbonyl (C=O) groups excluding carboxylic acids is 3. The summed E-state index contributed by atoms with van der Waals surface area (Å²) in [6.45, 7) is 2.95. The van der Waals surface area contributed by atoms with Crippen LogP contribution in [0.25, 0.3) is 10.9 Å². The first-order valence-electron chi connectivity index (χ1n) is 10.3. The number of likely N-dealkylation sites (N-methyl/N-ethyl adjacent to an activating group) is 1. The summed E-state index contributed by atoms with van der Waals surface area (Å²) in [7, 11) is 4.64. The average Bonchev–Trinajstić information content (AvgIpc) is 3.24. The minimum atomic E-state index is -0.663. The Morgan fingerprint density at radius 1 is 1.16 bits per heavy atom. The van der Waals surface area contributed by atoms with E-state index >= 15 is 0 Å². The van der Waals surface area contributed by atoms with Gasteiger partial charge < -0.3 is 19.1 Å². The van der Waals surface area contributed by atoms with Crippen LogP contribution in [0.3, 0.4) is 0 Å². The number of amides is 1. The Morgan fingerprint density at radius 2 is 1.84 bits per heavy atom. The maximum atomic E-state index is 11.9. The molecular weight excluding hydrogens is 402 g/mol. The van der Waals surface area contributed by atoms with Crippen molar-refractivity contribution in [3.63, 3.8) is 0 Å². The van der Waals surface area contributed by atoms with Crippen molar-refractivity contribution < 1.29 is 28.6 Å². The molecule has 0 radical (unpaired) electrons. The van der Waals surface area contributed by atoms with E-state index < -0.39 is 18.0 Å². The number of fused-ring (bicyclic) bond motifs is 1. The van der Waals surface area contributed by atoms with E-state index in [1.807, 2.05) is 0 Å². The third-order valence-corrected chi connectivity index (χ3v) is 5.33. The second-order valence-electron chi connectivity index (χ2n) is 7.49. The van der Waals surface area contributed by atoms with Crippen LogP contribution < -0.4 is 4.74 Å². The SMILES string of the molecule is CC(=O)O[C@H](C)C(=O)N(C)C1CCCCC1.COC(=O)c1cc2cn[nH]c2cc1OC. The molecule has 31 heavy (non-hydrogen) atoms. The molecule has 1 saturated carbocycles. The van der Waals surface area contributed by atoms with Crippen LogP contribution in [0.4, 0.5) is 0 Å². The van der Waals surface area contributed by atoms with Crippen LogP contribution in [0.2, 0.25) is 0 Å². The minimum absolute atomic E-state index is 0.0953. The van der Waals surface area contributed by atoms with Gasteiger partial charge in [-0.2, -0.15) is 5.10 Å². The van der Waals surface area contributed by atoms with Crippen molar-refractivity contribution in [3.8, 4) is 5.75 Å². The van der Waals surface area contributed by atoms with E-state index in [4.69, 9.17) is 9.47 Å². The number of esters is 2. The van der Waals surface area contributed by atoms with E-state index in [0.29, 0.717) is 17.4 Å². The molecule has 170 valence electrons. The van der Waals surface area contributed by atoms with E-state index in [1.54, 1.807) is 37.2 Å². The second kappa shape index (κ2) is 11.3. The van der Waals surface area contributed by atoms with E-state index in [1.165, 1.54) is 40.4 Å².